The summed E-state index contributed by atoms with van der Waals surface area (Å²) in [6.45, 7) is 0. The van der Waals surface area contributed by atoms with E-state index in [-0.39, 0.29) is 11.6 Å². The van der Waals surface area contributed by atoms with Gasteiger partial charge in [0.15, 0.2) is 5.52 Å². The van der Waals surface area contributed by atoms with Gasteiger partial charge in [0.1, 0.15) is 0 Å². The van der Waals surface area contributed by atoms with Crippen LogP contribution in [-0.4, -0.2) is 13.9 Å². The maximum atomic E-state index is 11.2. The second kappa shape index (κ2) is 2.57. The number of hydrogen-bond acceptors (Lipinski definition) is 5. The molecule has 6 nitrogen and oxygen atoms in total. The average molecular weight is 222 g/mol. The van der Waals surface area contributed by atoms with Gasteiger partial charge in [-0.05, 0) is 6.07 Å². The van der Waals surface area contributed by atoms with Crippen LogP contribution in [0, 0.1) is 0 Å². The van der Waals surface area contributed by atoms with E-state index in [1.807, 2.05) is 0 Å². The molecule has 0 saturated heterocycles. The summed E-state index contributed by atoms with van der Waals surface area (Å²) in [5.41, 5.74) is 7.44. The van der Waals surface area contributed by atoms with Gasteiger partial charge >= 0.3 is 0 Å². The van der Waals surface area contributed by atoms with Crippen LogP contribution in [0.5, 0.6) is 0 Å². The molecule has 3 heterocycles. The van der Waals surface area contributed by atoms with Crippen molar-refractivity contribution in [1.82, 2.24) is 13.9 Å². The third kappa shape index (κ3) is 1.00. The highest BCUT2D eigenvalue weighted by Crippen LogP contribution is 2.28. The molecular weight excluding hydrogens is 216 g/mol. The van der Waals surface area contributed by atoms with Gasteiger partial charge in [0, 0.05) is 6.07 Å². The summed E-state index contributed by atoms with van der Waals surface area (Å²) in [5.74, 6) is 0. The maximum absolute atomic E-state index is 11.2. The molecule has 0 spiro atoms. The van der Waals surface area contributed by atoms with Gasteiger partial charge in [-0.25, -0.2) is 0 Å². The van der Waals surface area contributed by atoms with Gasteiger partial charge in [-0.3, -0.25) is 8.77 Å². The van der Waals surface area contributed by atoms with E-state index in [0.717, 1.165) is 5.52 Å². The SMILES string of the molecule is Nc1nc2c3[nH]c(=O)ccc3n(S)c2o1. The van der Waals surface area contributed by atoms with Crippen molar-refractivity contribution in [2.75, 3.05) is 5.73 Å². The van der Waals surface area contributed by atoms with Crippen molar-refractivity contribution in [3.63, 3.8) is 0 Å². The van der Waals surface area contributed by atoms with Crippen molar-refractivity contribution in [3.05, 3.63) is 22.5 Å². The van der Waals surface area contributed by atoms with E-state index < -0.39 is 0 Å². The van der Waals surface area contributed by atoms with Gasteiger partial charge in [-0.1, -0.05) is 12.8 Å². The Kier molecular flexibility index (Phi) is 1.44. The molecule has 0 aromatic carbocycles. The summed E-state index contributed by atoms with van der Waals surface area (Å²) < 4.78 is 6.64. The lowest BCUT2D eigenvalue weighted by molar-refractivity contribution is 0.613. The van der Waals surface area contributed by atoms with Crippen LogP contribution in [0.3, 0.4) is 0 Å². The Morgan fingerprint density at radius 3 is 3.13 bits per heavy atom. The lowest BCUT2D eigenvalue weighted by Gasteiger charge is -1.92. The highest BCUT2D eigenvalue weighted by atomic mass is 32.1. The van der Waals surface area contributed by atoms with Crippen molar-refractivity contribution in [2.45, 2.75) is 0 Å². The molecule has 0 aliphatic rings. The molecule has 0 amide bonds. The van der Waals surface area contributed by atoms with Gasteiger partial charge in [0.2, 0.25) is 11.3 Å². The molecule has 15 heavy (non-hydrogen) atoms. The zero-order chi connectivity index (χ0) is 10.6. The minimum absolute atomic E-state index is 0.0504. The standard InChI is InChI=1S/C8H6N4O2S/c9-8-11-6-5-3(1-2-4(13)10-5)12(15)7(6)14-8/h1-2,15H,(H2,9,11)(H,10,13). The summed E-state index contributed by atoms with van der Waals surface area (Å²) in [5, 5.41) is 0. The van der Waals surface area contributed by atoms with Gasteiger partial charge in [-0.2, -0.15) is 4.98 Å². The maximum Gasteiger partial charge on any atom is 0.294 e. The van der Waals surface area contributed by atoms with Crippen LogP contribution in [0.15, 0.2) is 21.3 Å². The molecule has 3 aromatic heterocycles. The zero-order valence-corrected chi connectivity index (χ0v) is 8.28. The second-order valence-electron chi connectivity index (χ2n) is 3.10. The number of nitrogens with one attached hydrogen (secondary N) is 1. The summed E-state index contributed by atoms with van der Waals surface area (Å²) in [4.78, 5) is 17.8. The predicted molar refractivity (Wildman–Crippen MR) is 58.9 cm³/mol. The van der Waals surface area contributed by atoms with Crippen molar-refractivity contribution in [2.24, 2.45) is 0 Å². The van der Waals surface area contributed by atoms with Crippen LogP contribution in [0.1, 0.15) is 0 Å². The fourth-order valence-electron chi connectivity index (χ4n) is 1.57. The van der Waals surface area contributed by atoms with Crippen LogP contribution < -0.4 is 11.3 Å². The highest BCUT2D eigenvalue weighted by molar-refractivity contribution is 7.79. The van der Waals surface area contributed by atoms with E-state index in [4.69, 9.17) is 10.2 Å². The van der Waals surface area contributed by atoms with E-state index in [1.165, 1.54) is 10.0 Å². The molecule has 3 N–H and O–H groups in total. The Bertz CT molecular complexity index is 723. The Labute approximate surface area is 88.2 Å². The number of fused-ring (bicyclic) bond motifs is 3. The molecule has 76 valence electrons. The average Bonchev–Trinajstić information content (AvgIpc) is 2.67. The van der Waals surface area contributed by atoms with Crippen LogP contribution in [0.25, 0.3) is 22.3 Å². The van der Waals surface area contributed by atoms with Crippen molar-refractivity contribution in [1.29, 1.82) is 0 Å². The van der Waals surface area contributed by atoms with Crippen LogP contribution >= 0.6 is 12.8 Å². The minimum atomic E-state index is -0.204. The molecule has 3 rings (SSSR count). The van der Waals surface area contributed by atoms with Gasteiger partial charge < -0.3 is 15.1 Å². The van der Waals surface area contributed by atoms with Gasteiger partial charge in [-0.15, -0.1) is 0 Å². The molecule has 3 aromatic rings. The number of anilines is 1. The molecule has 0 saturated carbocycles. The lowest BCUT2D eigenvalue weighted by atomic mass is 10.4. The van der Waals surface area contributed by atoms with Gasteiger partial charge in [0.25, 0.3) is 6.01 Å². The minimum Gasteiger partial charge on any atom is -0.405 e. The van der Waals surface area contributed by atoms with Crippen molar-refractivity contribution >= 4 is 41.1 Å². The summed E-state index contributed by atoms with van der Waals surface area (Å²) in [7, 11) is 0. The molecule has 7 heteroatoms. The smallest absolute Gasteiger partial charge is 0.294 e. The molecule has 0 atom stereocenters. The molecular formula is C8H6N4O2S. The first kappa shape index (κ1) is 8.42. The van der Waals surface area contributed by atoms with Gasteiger partial charge in [0.05, 0.1) is 11.0 Å². The van der Waals surface area contributed by atoms with E-state index in [1.54, 1.807) is 6.07 Å². The van der Waals surface area contributed by atoms with Crippen molar-refractivity contribution in [3.8, 4) is 0 Å². The number of thiol groups is 1. The first-order valence-corrected chi connectivity index (χ1v) is 4.56. The fourth-order valence-corrected chi connectivity index (χ4v) is 1.87. The number of pyridine rings is 1. The molecule has 0 unspecified atom stereocenters. The zero-order valence-electron chi connectivity index (χ0n) is 7.39. The number of H-pyrrole nitrogens is 1. The number of rotatable bonds is 0. The first-order chi connectivity index (χ1) is 7.16. The number of oxazole rings is 1. The number of nitrogen functional groups attached to an aromatic ring is 1. The molecule has 0 aliphatic carbocycles. The predicted octanol–water partition coefficient (Wildman–Crippen LogP) is 0.746. The molecule has 0 radical (unpaired) electrons. The normalized spacial score (nSPS) is 11.5. The number of nitrogens with two attached hydrogens (primary N) is 1. The van der Waals surface area contributed by atoms with Crippen molar-refractivity contribution < 1.29 is 4.42 Å². The summed E-state index contributed by atoms with van der Waals surface area (Å²) >= 11 is 4.22. The number of nitrogens with zero attached hydrogens (tertiary/aromatic N) is 2. The third-order valence-electron chi connectivity index (χ3n) is 2.18. The van der Waals surface area contributed by atoms with Crippen LogP contribution in [-0.2, 0) is 0 Å². The largest absolute Gasteiger partial charge is 0.405 e. The Morgan fingerprint density at radius 2 is 2.33 bits per heavy atom. The Hall–Kier alpha value is -1.89. The second-order valence-corrected chi connectivity index (χ2v) is 3.50. The topological polar surface area (TPSA) is 89.8 Å². The van der Waals surface area contributed by atoms with E-state index >= 15 is 0 Å². The molecule has 0 bridgehead atoms. The Balaban J connectivity index is 2.66. The Morgan fingerprint density at radius 1 is 1.53 bits per heavy atom. The molecule has 0 aliphatic heterocycles. The number of aromatic amines is 1. The molecule has 0 fully saturated rings. The number of aromatic nitrogens is 3. The summed E-state index contributed by atoms with van der Waals surface area (Å²) in [6.07, 6.45) is 0. The summed E-state index contributed by atoms with van der Waals surface area (Å²) in [6, 6.07) is 3.11. The third-order valence-corrected chi connectivity index (χ3v) is 2.58. The van der Waals surface area contributed by atoms with E-state index in [2.05, 4.69) is 22.8 Å². The first-order valence-electron chi connectivity index (χ1n) is 4.16. The lowest BCUT2D eigenvalue weighted by Crippen LogP contribution is -2.02. The van der Waals surface area contributed by atoms with E-state index in [9.17, 15) is 4.79 Å². The quantitative estimate of drug-likeness (QED) is 0.489. The van der Waals surface area contributed by atoms with Crippen LogP contribution in [0.4, 0.5) is 6.01 Å². The van der Waals surface area contributed by atoms with E-state index in [0.29, 0.717) is 16.7 Å². The highest BCUT2D eigenvalue weighted by Gasteiger charge is 2.15. The fraction of sp³-hybridized carbons (Fsp3) is 0. The van der Waals surface area contributed by atoms with Crippen LogP contribution in [0.2, 0.25) is 0 Å². The number of hydrogen-bond donors (Lipinski definition) is 3. The monoisotopic (exact) mass is 222 g/mol.